The molecule has 6 N–H and O–H groups in total. The molecule has 0 saturated heterocycles. The number of aliphatic hydroxyl groups is 1. The first kappa shape index (κ1) is 36.0. The zero-order valence-electron chi connectivity index (χ0n) is 29.4. The number of ether oxygens (including phenoxy) is 3. The molecule has 2 heterocycles. The van der Waals surface area contributed by atoms with E-state index in [0.717, 1.165) is 5.56 Å². The summed E-state index contributed by atoms with van der Waals surface area (Å²) in [5, 5.41) is 18.5. The van der Waals surface area contributed by atoms with E-state index < -0.39 is 12.1 Å². The van der Waals surface area contributed by atoms with Crippen molar-refractivity contribution in [3.63, 3.8) is 0 Å². The number of rotatable bonds is 10. The van der Waals surface area contributed by atoms with Gasteiger partial charge < -0.3 is 45.9 Å². The van der Waals surface area contributed by atoms with E-state index in [1.807, 2.05) is 45.2 Å². The molecular weight excluding hydrogens is 664 g/mol. The minimum absolute atomic E-state index is 0.0328. The first-order chi connectivity index (χ1) is 25.1. The molecule has 6 rings (SSSR count). The van der Waals surface area contributed by atoms with Crippen molar-refractivity contribution < 1.29 is 33.7 Å². The number of nitrogens with two attached hydrogens (primary N) is 1. The van der Waals surface area contributed by atoms with Crippen LogP contribution < -0.4 is 35.9 Å². The van der Waals surface area contributed by atoms with E-state index in [2.05, 4.69) is 20.9 Å². The molecule has 0 saturated carbocycles. The van der Waals surface area contributed by atoms with Gasteiger partial charge in [0, 0.05) is 54.1 Å². The number of fused-ring (bicyclic) bond motifs is 2. The molecule has 2 aliphatic rings. The van der Waals surface area contributed by atoms with Gasteiger partial charge in [0.2, 0.25) is 12.7 Å². The Morgan fingerprint density at radius 3 is 2.37 bits per heavy atom. The van der Waals surface area contributed by atoms with Crippen molar-refractivity contribution in [3.8, 4) is 17.2 Å². The Hall–Kier alpha value is -5.79. The van der Waals surface area contributed by atoms with Gasteiger partial charge in [-0.2, -0.15) is 0 Å². The summed E-state index contributed by atoms with van der Waals surface area (Å²) < 4.78 is 17.4. The maximum absolute atomic E-state index is 13.7. The maximum Gasteiger partial charge on any atom is 0.323 e. The Balaban J connectivity index is 1.14. The van der Waals surface area contributed by atoms with E-state index in [9.17, 15) is 19.5 Å². The number of hydrogen-bond acceptors (Lipinski definition) is 9. The van der Waals surface area contributed by atoms with Gasteiger partial charge in [-0.25, -0.2) is 4.79 Å². The monoisotopic (exact) mass is 708 g/mol. The number of benzene rings is 4. The lowest BCUT2D eigenvalue weighted by molar-refractivity contribution is -0.134. The second-order valence-electron chi connectivity index (χ2n) is 13.3. The molecule has 0 fully saturated rings. The van der Waals surface area contributed by atoms with Crippen LogP contribution in [0, 0.1) is 5.92 Å². The highest BCUT2D eigenvalue weighted by molar-refractivity contribution is 6.05. The first-order valence-corrected chi connectivity index (χ1v) is 17.2. The normalized spacial score (nSPS) is 17.2. The van der Waals surface area contributed by atoms with Crippen molar-refractivity contribution in [2.45, 2.75) is 39.0 Å². The molecule has 2 aliphatic heterocycles. The van der Waals surface area contributed by atoms with Gasteiger partial charge in [-0.3, -0.25) is 14.5 Å². The topological polar surface area (TPSA) is 168 Å². The van der Waals surface area contributed by atoms with Crippen molar-refractivity contribution >= 4 is 40.6 Å². The molecule has 4 aromatic rings. The van der Waals surface area contributed by atoms with Crippen molar-refractivity contribution in [2.75, 3.05) is 55.2 Å². The second kappa shape index (κ2) is 16.0. The summed E-state index contributed by atoms with van der Waals surface area (Å²) in [6.45, 7) is 5.33. The van der Waals surface area contributed by atoms with Crippen molar-refractivity contribution in [1.29, 1.82) is 0 Å². The summed E-state index contributed by atoms with van der Waals surface area (Å²) in [4.78, 5) is 43.2. The molecule has 0 radical (unpaired) electrons. The van der Waals surface area contributed by atoms with E-state index in [4.69, 9.17) is 19.9 Å². The highest BCUT2D eigenvalue weighted by Gasteiger charge is 2.31. The Kier molecular flexibility index (Phi) is 11.1. The Labute approximate surface area is 302 Å². The van der Waals surface area contributed by atoms with Crippen LogP contribution in [0.2, 0.25) is 0 Å². The van der Waals surface area contributed by atoms with Gasteiger partial charge in [-0.15, -0.1) is 0 Å². The molecule has 3 atom stereocenters. The summed E-state index contributed by atoms with van der Waals surface area (Å²) in [6.07, 6.45) is -0.289. The van der Waals surface area contributed by atoms with Crippen LogP contribution in [0.4, 0.5) is 27.5 Å². The van der Waals surface area contributed by atoms with Crippen LogP contribution in [0.15, 0.2) is 84.9 Å². The van der Waals surface area contributed by atoms with Gasteiger partial charge in [-0.1, -0.05) is 31.2 Å². The van der Waals surface area contributed by atoms with Gasteiger partial charge >= 0.3 is 6.03 Å². The summed E-state index contributed by atoms with van der Waals surface area (Å²) in [5.74, 6) is 1.23. The number of nitrogens with zero attached hydrogens (tertiary/aromatic N) is 2. The third kappa shape index (κ3) is 8.74. The van der Waals surface area contributed by atoms with E-state index in [-0.39, 0.29) is 43.7 Å². The minimum atomic E-state index is -0.465. The van der Waals surface area contributed by atoms with Gasteiger partial charge in [0.25, 0.3) is 5.91 Å². The number of anilines is 4. The highest BCUT2D eigenvalue weighted by Crippen LogP contribution is 2.34. The summed E-state index contributed by atoms with van der Waals surface area (Å²) >= 11 is 0. The van der Waals surface area contributed by atoms with Gasteiger partial charge in [0.1, 0.15) is 11.9 Å². The Morgan fingerprint density at radius 2 is 1.63 bits per heavy atom. The lowest BCUT2D eigenvalue weighted by Crippen LogP contribution is -2.47. The van der Waals surface area contributed by atoms with Gasteiger partial charge in [0.15, 0.2) is 11.5 Å². The molecule has 0 spiro atoms. The van der Waals surface area contributed by atoms with Crippen LogP contribution >= 0.6 is 0 Å². The third-order valence-electron chi connectivity index (χ3n) is 9.17. The van der Waals surface area contributed by atoms with Crippen molar-refractivity contribution in [1.82, 2.24) is 9.80 Å². The average molecular weight is 709 g/mol. The number of para-hydroxylation sites is 2. The number of hydrogen-bond donors (Lipinski definition) is 5. The fraction of sp³-hybridized carbons (Fsp3) is 0.308. The molecule has 0 aliphatic carbocycles. The number of likely N-dealkylation sites (N-methyl/N-ethyl adjacent to an activating group) is 1. The molecule has 0 bridgehead atoms. The number of nitrogens with one attached hydrogen (secondary N) is 3. The molecular formula is C39H44N6O7. The van der Waals surface area contributed by atoms with Crippen molar-refractivity contribution in [2.24, 2.45) is 5.92 Å². The minimum Gasteiger partial charge on any atom is -0.488 e. The quantitative estimate of drug-likeness (QED) is 0.140. The van der Waals surface area contributed by atoms with E-state index >= 15 is 0 Å². The van der Waals surface area contributed by atoms with Crippen LogP contribution in [-0.4, -0.2) is 78.4 Å². The molecule has 272 valence electrons. The fourth-order valence-electron chi connectivity index (χ4n) is 6.24. The summed E-state index contributed by atoms with van der Waals surface area (Å²) in [6, 6.07) is 24.1. The number of nitrogen functional groups attached to an aromatic ring is 1. The Bertz CT molecular complexity index is 1920. The molecule has 0 aromatic heterocycles. The molecule has 4 amide bonds. The van der Waals surface area contributed by atoms with E-state index in [1.54, 1.807) is 65.6 Å². The predicted octanol–water partition coefficient (Wildman–Crippen LogP) is 5.17. The lowest BCUT2D eigenvalue weighted by Gasteiger charge is -2.34. The van der Waals surface area contributed by atoms with Crippen LogP contribution in [0.1, 0.15) is 35.3 Å². The lowest BCUT2D eigenvalue weighted by atomic mass is 10.0. The fourth-order valence-corrected chi connectivity index (χ4v) is 6.24. The number of urea groups is 1. The maximum atomic E-state index is 13.7. The van der Waals surface area contributed by atoms with Crippen LogP contribution in [-0.2, 0) is 17.8 Å². The van der Waals surface area contributed by atoms with E-state index in [1.165, 1.54) is 0 Å². The molecule has 13 heteroatoms. The van der Waals surface area contributed by atoms with E-state index in [0.29, 0.717) is 70.8 Å². The van der Waals surface area contributed by atoms with Gasteiger partial charge in [-0.05, 0) is 74.1 Å². The average Bonchev–Trinajstić information content (AvgIpc) is 3.61. The predicted molar refractivity (Wildman–Crippen MR) is 199 cm³/mol. The van der Waals surface area contributed by atoms with Crippen LogP contribution in [0.25, 0.3) is 0 Å². The number of amides is 4. The van der Waals surface area contributed by atoms with Crippen LogP contribution in [0.5, 0.6) is 17.2 Å². The largest absolute Gasteiger partial charge is 0.488 e. The summed E-state index contributed by atoms with van der Waals surface area (Å²) in [7, 11) is 1.99. The zero-order valence-corrected chi connectivity index (χ0v) is 29.4. The zero-order chi connectivity index (χ0) is 36.8. The number of aliphatic hydroxyl groups excluding tert-OH is 1. The number of carbonyl (C=O) groups excluding carboxylic acids is 3. The van der Waals surface area contributed by atoms with Crippen molar-refractivity contribution in [3.05, 3.63) is 102 Å². The molecule has 0 unspecified atom stereocenters. The first-order valence-electron chi connectivity index (χ1n) is 17.2. The standard InChI is InChI=1S/C39H44N6O7/c1-24-19-45(25(2)22-46)37(47)17-28-16-29(41-39(49)42-30-13-15-34-35(18-30)51-23-50-34)12-14-33(28)52-36(24)21-44(3)20-26-8-10-27(11-9-26)38(48)43-32-7-5-4-6-31(32)40/h4-16,18,24-25,36,46H,17,19-23,40H2,1-3H3,(H,43,48)(H2,41,42,49)/t24-,25+,36+/m1/s1. The molecule has 4 aromatic carbocycles. The van der Waals surface area contributed by atoms with Crippen LogP contribution in [0.3, 0.4) is 0 Å². The third-order valence-corrected chi connectivity index (χ3v) is 9.17. The summed E-state index contributed by atoms with van der Waals surface area (Å²) in [5.41, 5.74) is 10.2. The smallest absolute Gasteiger partial charge is 0.323 e. The Morgan fingerprint density at radius 1 is 0.942 bits per heavy atom. The second-order valence-corrected chi connectivity index (χ2v) is 13.3. The molecule has 13 nitrogen and oxygen atoms in total. The number of carbonyl (C=O) groups is 3. The molecule has 52 heavy (non-hydrogen) atoms. The SMILES string of the molecule is C[C@@H]1CN([C@@H](C)CO)C(=O)Cc2cc(NC(=O)Nc3ccc4c(c3)OCO4)ccc2O[C@H]1CN(C)Cc1ccc(C(=O)Nc2ccccc2N)cc1. The van der Waals surface area contributed by atoms with Gasteiger partial charge in [0.05, 0.1) is 30.4 Å². The highest BCUT2D eigenvalue weighted by atomic mass is 16.7.